The molecule has 0 aliphatic rings. The van der Waals surface area contributed by atoms with E-state index in [4.69, 9.17) is 15.3 Å². The Hall–Kier alpha value is -2.70. The van der Waals surface area contributed by atoms with Crippen molar-refractivity contribution in [3.8, 4) is 0 Å². The van der Waals surface area contributed by atoms with Gasteiger partial charge in [0, 0.05) is 0 Å². The molecule has 3 N–H and O–H groups in total. The molecule has 0 atom stereocenters. The van der Waals surface area contributed by atoms with E-state index in [1.54, 1.807) is 30.3 Å². The van der Waals surface area contributed by atoms with E-state index in [-0.39, 0.29) is 0 Å². The molecule has 0 aliphatic carbocycles. The van der Waals surface area contributed by atoms with Crippen molar-refractivity contribution in [3.05, 3.63) is 41.8 Å². The van der Waals surface area contributed by atoms with Gasteiger partial charge in [-0.2, -0.15) is 5.11 Å². The van der Waals surface area contributed by atoms with Crippen LogP contribution in [0.3, 0.4) is 0 Å². The Bertz CT molecular complexity index is 493. The predicted molar refractivity (Wildman–Crippen MR) is 55.9 cm³/mol. The second kappa shape index (κ2) is 5.40. The van der Waals surface area contributed by atoms with Crippen LogP contribution < -0.4 is 0 Å². The maximum Gasteiger partial charge on any atom is 0.373 e. The maximum atomic E-state index is 10.6. The van der Waals surface area contributed by atoms with E-state index in [0.29, 0.717) is 5.69 Å². The molecule has 0 radical (unpaired) electrons. The van der Waals surface area contributed by atoms with Crippen molar-refractivity contribution in [3.63, 3.8) is 0 Å². The topological polar surface area (TPSA) is 120 Å². The SMILES string of the molecule is O=C(O)/C(O)=C(/N=Nc1ccccc1)C(=O)O. The third-order valence-electron chi connectivity index (χ3n) is 1.65. The van der Waals surface area contributed by atoms with E-state index >= 15 is 0 Å². The van der Waals surface area contributed by atoms with Gasteiger partial charge >= 0.3 is 11.9 Å². The first-order valence-electron chi connectivity index (χ1n) is 4.39. The summed E-state index contributed by atoms with van der Waals surface area (Å²) in [5.41, 5.74) is -0.689. The maximum absolute atomic E-state index is 10.6. The van der Waals surface area contributed by atoms with Gasteiger partial charge in [-0.3, -0.25) is 0 Å². The highest BCUT2D eigenvalue weighted by molar-refractivity contribution is 5.96. The lowest BCUT2D eigenvalue weighted by Gasteiger charge is -1.96. The predicted octanol–water partition coefficient (Wildman–Crippen LogP) is 1.71. The second-order valence-corrected chi connectivity index (χ2v) is 2.84. The Labute approximate surface area is 95.4 Å². The number of benzene rings is 1. The standard InChI is InChI=1S/C10H8N2O5/c13-8(10(16)17)7(9(14)15)12-11-6-4-2-1-3-5-6/h1-5,13H,(H,14,15)(H,16,17)/b8-7-,12-11?. The van der Waals surface area contributed by atoms with Gasteiger partial charge < -0.3 is 15.3 Å². The van der Waals surface area contributed by atoms with Crippen LogP contribution in [-0.2, 0) is 9.59 Å². The summed E-state index contributed by atoms with van der Waals surface area (Å²) in [5, 5.41) is 32.7. The third-order valence-corrected chi connectivity index (χ3v) is 1.65. The van der Waals surface area contributed by atoms with Gasteiger partial charge in [0.25, 0.3) is 0 Å². The van der Waals surface area contributed by atoms with E-state index < -0.39 is 23.4 Å². The van der Waals surface area contributed by atoms with Crippen molar-refractivity contribution in [1.29, 1.82) is 0 Å². The van der Waals surface area contributed by atoms with E-state index in [0.717, 1.165) is 0 Å². The molecule has 1 aromatic rings. The minimum Gasteiger partial charge on any atom is -0.500 e. The second-order valence-electron chi connectivity index (χ2n) is 2.84. The van der Waals surface area contributed by atoms with Crippen molar-refractivity contribution >= 4 is 17.6 Å². The first-order valence-corrected chi connectivity index (χ1v) is 4.39. The number of aliphatic hydroxyl groups excluding tert-OH is 1. The van der Waals surface area contributed by atoms with Crippen LogP contribution in [-0.4, -0.2) is 27.3 Å². The highest BCUT2D eigenvalue weighted by Crippen LogP contribution is 2.14. The van der Waals surface area contributed by atoms with Gasteiger partial charge in [-0.25, -0.2) is 9.59 Å². The molecule has 0 spiro atoms. The van der Waals surface area contributed by atoms with Gasteiger partial charge in [0.15, 0.2) is 0 Å². The van der Waals surface area contributed by atoms with Crippen LogP contribution in [0, 0.1) is 0 Å². The Kier molecular flexibility index (Phi) is 3.93. The molecule has 0 aromatic heterocycles. The Morgan fingerprint density at radius 2 is 1.53 bits per heavy atom. The van der Waals surface area contributed by atoms with Crippen LogP contribution in [0.5, 0.6) is 0 Å². The van der Waals surface area contributed by atoms with E-state index in [1.807, 2.05) is 0 Å². The molecular weight excluding hydrogens is 228 g/mol. The average Bonchev–Trinajstić information content (AvgIpc) is 2.29. The number of hydrogen-bond acceptors (Lipinski definition) is 5. The van der Waals surface area contributed by atoms with Gasteiger partial charge in [0.1, 0.15) is 0 Å². The number of aliphatic hydroxyl groups is 1. The van der Waals surface area contributed by atoms with Crippen molar-refractivity contribution < 1.29 is 24.9 Å². The van der Waals surface area contributed by atoms with Gasteiger partial charge in [0.05, 0.1) is 5.69 Å². The molecule has 7 heteroatoms. The normalized spacial score (nSPS) is 12.2. The molecule has 17 heavy (non-hydrogen) atoms. The molecule has 1 aromatic carbocycles. The van der Waals surface area contributed by atoms with Gasteiger partial charge in [-0.1, -0.05) is 18.2 Å². The van der Waals surface area contributed by atoms with Crippen LogP contribution >= 0.6 is 0 Å². The summed E-state index contributed by atoms with van der Waals surface area (Å²) in [6, 6.07) is 8.11. The number of aliphatic carboxylic acids is 2. The molecule has 7 nitrogen and oxygen atoms in total. The number of carboxylic acids is 2. The minimum absolute atomic E-state index is 0.337. The van der Waals surface area contributed by atoms with Crippen molar-refractivity contribution in [1.82, 2.24) is 0 Å². The molecule has 0 bridgehead atoms. The van der Waals surface area contributed by atoms with Crippen LogP contribution in [0.25, 0.3) is 0 Å². The summed E-state index contributed by atoms with van der Waals surface area (Å²) >= 11 is 0. The molecule has 0 saturated heterocycles. The molecule has 1 rings (SSSR count). The molecule has 0 amide bonds. The molecule has 0 fully saturated rings. The molecular formula is C10H8N2O5. The summed E-state index contributed by atoms with van der Waals surface area (Å²) in [7, 11) is 0. The lowest BCUT2D eigenvalue weighted by molar-refractivity contribution is -0.138. The monoisotopic (exact) mass is 236 g/mol. The van der Waals surface area contributed by atoms with Gasteiger partial charge in [0.2, 0.25) is 11.5 Å². The highest BCUT2D eigenvalue weighted by Gasteiger charge is 2.19. The van der Waals surface area contributed by atoms with E-state index in [9.17, 15) is 9.59 Å². The fourth-order valence-electron chi connectivity index (χ4n) is 0.895. The Morgan fingerprint density at radius 1 is 0.941 bits per heavy atom. The van der Waals surface area contributed by atoms with Gasteiger partial charge in [-0.05, 0) is 12.1 Å². The number of carbonyl (C=O) groups is 2. The first kappa shape index (κ1) is 12.4. The number of hydrogen-bond donors (Lipinski definition) is 3. The molecule has 0 heterocycles. The van der Waals surface area contributed by atoms with Crippen molar-refractivity contribution in [2.45, 2.75) is 0 Å². The smallest absolute Gasteiger partial charge is 0.373 e. The highest BCUT2D eigenvalue weighted by atomic mass is 16.4. The van der Waals surface area contributed by atoms with E-state index in [2.05, 4.69) is 10.2 Å². The number of nitrogens with zero attached hydrogens (tertiary/aromatic N) is 2. The van der Waals surface area contributed by atoms with Gasteiger partial charge in [-0.15, -0.1) is 5.11 Å². The van der Waals surface area contributed by atoms with Crippen LogP contribution in [0.1, 0.15) is 0 Å². The first-order chi connectivity index (χ1) is 8.02. The largest absolute Gasteiger partial charge is 0.500 e. The zero-order valence-corrected chi connectivity index (χ0v) is 8.44. The van der Waals surface area contributed by atoms with Crippen molar-refractivity contribution in [2.24, 2.45) is 10.2 Å². The lowest BCUT2D eigenvalue weighted by Crippen LogP contribution is -2.09. The average molecular weight is 236 g/mol. The molecule has 0 unspecified atom stereocenters. The number of azo groups is 1. The minimum atomic E-state index is -1.78. The lowest BCUT2D eigenvalue weighted by atomic mass is 10.3. The molecule has 88 valence electrons. The van der Waals surface area contributed by atoms with Crippen LogP contribution in [0.4, 0.5) is 5.69 Å². The fourth-order valence-corrected chi connectivity index (χ4v) is 0.895. The zero-order chi connectivity index (χ0) is 12.8. The summed E-state index contributed by atoms with van der Waals surface area (Å²) in [5.74, 6) is -4.82. The summed E-state index contributed by atoms with van der Waals surface area (Å²) in [4.78, 5) is 21.0. The molecule has 0 saturated carbocycles. The van der Waals surface area contributed by atoms with Crippen LogP contribution in [0.15, 0.2) is 52.0 Å². The summed E-state index contributed by atoms with van der Waals surface area (Å²) in [6.45, 7) is 0. The van der Waals surface area contributed by atoms with E-state index in [1.165, 1.54) is 0 Å². The quantitative estimate of drug-likeness (QED) is 0.417. The third kappa shape index (κ3) is 3.42. The number of carboxylic acid groups (broad SMARTS) is 2. The van der Waals surface area contributed by atoms with Crippen molar-refractivity contribution in [2.75, 3.05) is 0 Å². The Balaban J connectivity index is 3.05. The number of rotatable bonds is 4. The zero-order valence-electron chi connectivity index (χ0n) is 8.44. The molecule has 0 aliphatic heterocycles. The Morgan fingerprint density at radius 3 is 2.00 bits per heavy atom. The summed E-state index contributed by atoms with van der Waals surface area (Å²) in [6.07, 6.45) is 0. The summed E-state index contributed by atoms with van der Waals surface area (Å²) < 4.78 is 0. The fraction of sp³-hybridized carbons (Fsp3) is 0. The van der Waals surface area contributed by atoms with Crippen LogP contribution in [0.2, 0.25) is 0 Å².